The highest BCUT2D eigenvalue weighted by Gasteiger charge is 2.46. The number of carbonyl (C=O) groups excluding carboxylic acids is 1. The van der Waals surface area contributed by atoms with Crippen LogP contribution in [0.4, 0.5) is 0 Å². The molecule has 3 heteroatoms. The number of aliphatic carboxylic acids is 1. The van der Waals surface area contributed by atoms with Crippen LogP contribution in [0.5, 0.6) is 0 Å². The summed E-state index contributed by atoms with van der Waals surface area (Å²) in [5.74, 6) is -1.62. The minimum absolute atomic E-state index is 0.0247. The Kier molecular flexibility index (Phi) is 7.06. The van der Waals surface area contributed by atoms with Gasteiger partial charge >= 0.3 is 5.97 Å². The van der Waals surface area contributed by atoms with E-state index in [1.54, 1.807) is 6.92 Å². The molecule has 2 atom stereocenters. The minimum atomic E-state index is -1.17. The van der Waals surface area contributed by atoms with E-state index in [0.29, 0.717) is 6.42 Å². The van der Waals surface area contributed by atoms with Crippen molar-refractivity contribution < 1.29 is 14.7 Å². The molecule has 0 saturated carbocycles. The lowest BCUT2D eigenvalue weighted by Gasteiger charge is -2.36. The fourth-order valence-corrected chi connectivity index (χ4v) is 4.56. The van der Waals surface area contributed by atoms with Crippen molar-refractivity contribution in [2.75, 3.05) is 0 Å². The van der Waals surface area contributed by atoms with Crippen LogP contribution in [0.3, 0.4) is 0 Å². The predicted octanol–water partition coefficient (Wildman–Crippen LogP) is 6.07. The lowest BCUT2D eigenvalue weighted by molar-refractivity contribution is -0.156. The fourth-order valence-electron chi connectivity index (χ4n) is 4.56. The molecule has 1 N–H and O–H groups in total. The molecule has 3 aromatic rings. The van der Waals surface area contributed by atoms with Crippen molar-refractivity contribution >= 4 is 11.8 Å². The summed E-state index contributed by atoms with van der Waals surface area (Å²) >= 11 is 0. The second kappa shape index (κ2) is 9.74. The fraction of sp³-hybridized carbons (Fsp3) is 0.286. The number of hydrogen-bond acceptors (Lipinski definition) is 2. The number of carboxylic acids is 1. The zero-order valence-electron chi connectivity index (χ0n) is 18.4. The topological polar surface area (TPSA) is 54.4 Å². The summed E-state index contributed by atoms with van der Waals surface area (Å²) in [6, 6.07) is 27.6. The molecule has 160 valence electrons. The SMILES string of the molecule is CC(C)C(C(=O)Cc1ccc(-c2ccccc2)cc1)[C@@](C)(Cc1ccccc1)C(=O)O. The van der Waals surface area contributed by atoms with Gasteiger partial charge in [-0.05, 0) is 41.5 Å². The summed E-state index contributed by atoms with van der Waals surface area (Å²) in [5, 5.41) is 10.1. The van der Waals surface area contributed by atoms with Crippen molar-refractivity contribution in [1.29, 1.82) is 0 Å². The number of Topliss-reactive ketones (excluding diaryl/α,β-unsaturated/α-hetero) is 1. The second-order valence-corrected chi connectivity index (χ2v) is 8.81. The van der Waals surface area contributed by atoms with Gasteiger partial charge in [-0.2, -0.15) is 0 Å². The Morgan fingerprint density at radius 2 is 1.29 bits per heavy atom. The molecule has 3 rings (SSSR count). The molecule has 0 aromatic heterocycles. The molecule has 0 heterocycles. The van der Waals surface area contributed by atoms with Crippen molar-refractivity contribution in [1.82, 2.24) is 0 Å². The van der Waals surface area contributed by atoms with Crippen LogP contribution >= 0.6 is 0 Å². The van der Waals surface area contributed by atoms with E-state index >= 15 is 0 Å². The standard InChI is InChI=1S/C28H30O3/c1-20(2)26(28(3,27(30)31)19-22-10-6-4-7-11-22)25(29)18-21-14-16-24(17-15-21)23-12-8-5-9-13-23/h4-17,20,26H,18-19H2,1-3H3,(H,30,31)/t26?,28-/m1/s1. The maximum absolute atomic E-state index is 13.4. The first-order valence-corrected chi connectivity index (χ1v) is 10.8. The summed E-state index contributed by atoms with van der Waals surface area (Å²) in [7, 11) is 0. The van der Waals surface area contributed by atoms with Crippen molar-refractivity contribution in [3.8, 4) is 11.1 Å². The van der Waals surface area contributed by atoms with Crippen LogP contribution in [-0.2, 0) is 22.4 Å². The van der Waals surface area contributed by atoms with Gasteiger partial charge in [0.2, 0.25) is 0 Å². The normalized spacial score (nSPS) is 14.1. The minimum Gasteiger partial charge on any atom is -0.481 e. The molecule has 0 spiro atoms. The predicted molar refractivity (Wildman–Crippen MR) is 125 cm³/mol. The number of carbonyl (C=O) groups is 2. The molecule has 0 aliphatic carbocycles. The van der Waals surface area contributed by atoms with Crippen molar-refractivity contribution in [3.05, 3.63) is 96.1 Å². The van der Waals surface area contributed by atoms with E-state index in [1.807, 2.05) is 86.6 Å². The molecule has 1 unspecified atom stereocenters. The molecule has 0 amide bonds. The van der Waals surface area contributed by atoms with E-state index in [4.69, 9.17) is 0 Å². The molecule has 0 bridgehead atoms. The first-order chi connectivity index (χ1) is 14.8. The van der Waals surface area contributed by atoms with E-state index in [2.05, 4.69) is 12.1 Å². The Balaban J connectivity index is 1.83. The zero-order valence-corrected chi connectivity index (χ0v) is 18.4. The third-order valence-corrected chi connectivity index (χ3v) is 6.04. The van der Waals surface area contributed by atoms with Gasteiger partial charge in [0.25, 0.3) is 0 Å². The highest BCUT2D eigenvalue weighted by atomic mass is 16.4. The lowest BCUT2D eigenvalue weighted by Crippen LogP contribution is -2.45. The molecule has 0 saturated heterocycles. The van der Waals surface area contributed by atoms with Crippen LogP contribution in [0, 0.1) is 17.3 Å². The van der Waals surface area contributed by atoms with Crippen LogP contribution in [0.15, 0.2) is 84.9 Å². The van der Waals surface area contributed by atoms with Gasteiger partial charge in [0, 0.05) is 12.3 Å². The van der Waals surface area contributed by atoms with Crippen LogP contribution in [-0.4, -0.2) is 16.9 Å². The Hall–Kier alpha value is -3.20. The maximum atomic E-state index is 13.4. The van der Waals surface area contributed by atoms with E-state index in [-0.39, 0.29) is 18.1 Å². The smallest absolute Gasteiger partial charge is 0.310 e. The van der Waals surface area contributed by atoms with Crippen LogP contribution in [0.1, 0.15) is 31.9 Å². The molecule has 31 heavy (non-hydrogen) atoms. The third kappa shape index (κ3) is 5.29. The zero-order chi connectivity index (χ0) is 22.4. The van der Waals surface area contributed by atoms with E-state index in [1.165, 1.54) is 0 Å². The Morgan fingerprint density at radius 1 is 0.774 bits per heavy atom. The first kappa shape index (κ1) is 22.5. The van der Waals surface area contributed by atoms with Crippen LogP contribution in [0.2, 0.25) is 0 Å². The third-order valence-electron chi connectivity index (χ3n) is 6.04. The van der Waals surface area contributed by atoms with Gasteiger partial charge in [-0.3, -0.25) is 9.59 Å². The van der Waals surface area contributed by atoms with E-state index in [0.717, 1.165) is 22.3 Å². The number of rotatable bonds is 9. The van der Waals surface area contributed by atoms with Gasteiger partial charge in [-0.15, -0.1) is 0 Å². The largest absolute Gasteiger partial charge is 0.481 e. The van der Waals surface area contributed by atoms with Crippen molar-refractivity contribution in [3.63, 3.8) is 0 Å². The average molecular weight is 415 g/mol. The summed E-state index contributed by atoms with van der Waals surface area (Å²) in [6.45, 7) is 5.59. The number of carboxylic acid groups (broad SMARTS) is 1. The molecular weight excluding hydrogens is 384 g/mol. The van der Waals surface area contributed by atoms with E-state index < -0.39 is 17.3 Å². The molecule has 3 aromatic carbocycles. The highest BCUT2D eigenvalue weighted by Crippen LogP contribution is 2.38. The van der Waals surface area contributed by atoms with Gasteiger partial charge in [0.15, 0.2) is 0 Å². The summed E-state index contributed by atoms with van der Waals surface area (Å²) in [4.78, 5) is 25.8. The highest BCUT2D eigenvalue weighted by molar-refractivity contribution is 5.90. The van der Waals surface area contributed by atoms with Gasteiger partial charge in [-0.1, -0.05) is 98.8 Å². The van der Waals surface area contributed by atoms with Gasteiger partial charge in [-0.25, -0.2) is 0 Å². The van der Waals surface area contributed by atoms with Gasteiger partial charge < -0.3 is 5.11 Å². The molecule has 0 aliphatic heterocycles. The van der Waals surface area contributed by atoms with Crippen LogP contribution < -0.4 is 0 Å². The van der Waals surface area contributed by atoms with Crippen molar-refractivity contribution in [2.45, 2.75) is 33.6 Å². The first-order valence-electron chi connectivity index (χ1n) is 10.8. The Morgan fingerprint density at radius 3 is 1.81 bits per heavy atom. The second-order valence-electron chi connectivity index (χ2n) is 8.81. The quantitative estimate of drug-likeness (QED) is 0.462. The summed E-state index contributed by atoms with van der Waals surface area (Å²) in [5.41, 5.74) is 2.88. The van der Waals surface area contributed by atoms with Crippen LogP contribution in [0.25, 0.3) is 11.1 Å². The Labute approximate surface area is 184 Å². The average Bonchev–Trinajstić information content (AvgIpc) is 2.75. The molecular formula is C28H30O3. The number of hydrogen-bond donors (Lipinski definition) is 1. The monoisotopic (exact) mass is 414 g/mol. The van der Waals surface area contributed by atoms with Crippen molar-refractivity contribution in [2.24, 2.45) is 17.3 Å². The lowest BCUT2D eigenvalue weighted by atomic mass is 9.65. The Bertz CT molecular complexity index is 1010. The molecule has 0 aliphatic rings. The van der Waals surface area contributed by atoms with E-state index in [9.17, 15) is 14.7 Å². The van der Waals surface area contributed by atoms with Gasteiger partial charge in [0.1, 0.15) is 5.78 Å². The maximum Gasteiger partial charge on any atom is 0.310 e. The van der Waals surface area contributed by atoms with Gasteiger partial charge in [0.05, 0.1) is 5.41 Å². The number of ketones is 1. The summed E-state index contributed by atoms with van der Waals surface area (Å²) in [6.07, 6.45) is 0.556. The molecule has 0 radical (unpaired) electrons. The molecule has 0 fully saturated rings. The summed E-state index contributed by atoms with van der Waals surface area (Å²) < 4.78 is 0. The molecule has 3 nitrogen and oxygen atoms in total. The number of benzene rings is 3.